The maximum atomic E-state index is 11.3. The maximum absolute atomic E-state index is 11.3. The molecule has 1 N–H and O–H groups in total. The van der Waals surface area contributed by atoms with Crippen LogP contribution in [-0.4, -0.2) is 36.2 Å². The van der Waals surface area contributed by atoms with E-state index in [9.17, 15) is 4.79 Å². The van der Waals surface area contributed by atoms with Crippen molar-refractivity contribution in [2.75, 3.05) is 19.3 Å². The van der Waals surface area contributed by atoms with Crippen LogP contribution in [0, 0.1) is 0 Å². The molecule has 4 heteroatoms. The van der Waals surface area contributed by atoms with Gasteiger partial charge in [-0.05, 0) is 32.9 Å². The zero-order valence-corrected chi connectivity index (χ0v) is 11.4. The summed E-state index contributed by atoms with van der Waals surface area (Å²) < 4.78 is 5.43. The van der Waals surface area contributed by atoms with E-state index in [1.807, 2.05) is 25.6 Å². The quantitative estimate of drug-likeness (QED) is 0.728. The van der Waals surface area contributed by atoms with Crippen LogP contribution in [0.2, 0.25) is 0 Å². The molecular weight excluding hydrogens is 222 g/mol. The van der Waals surface area contributed by atoms with Crippen LogP contribution >= 0.6 is 11.8 Å². The van der Waals surface area contributed by atoms with Crippen molar-refractivity contribution in [1.82, 2.24) is 5.32 Å². The molecule has 3 nitrogen and oxygen atoms in total. The molecule has 0 amide bonds. The zero-order chi connectivity index (χ0) is 12.0. The monoisotopic (exact) mass is 245 g/mol. The van der Waals surface area contributed by atoms with Crippen molar-refractivity contribution >= 4 is 17.7 Å². The average Bonchev–Trinajstić information content (AvgIpc) is 2.66. The van der Waals surface area contributed by atoms with Crippen LogP contribution in [0.25, 0.3) is 0 Å². The fourth-order valence-electron chi connectivity index (χ4n) is 2.17. The smallest absolute Gasteiger partial charge is 0.320 e. The fourth-order valence-corrected chi connectivity index (χ4v) is 3.11. The van der Waals surface area contributed by atoms with Crippen LogP contribution in [0.3, 0.4) is 0 Å². The molecule has 0 atom stereocenters. The van der Waals surface area contributed by atoms with Gasteiger partial charge in [-0.15, -0.1) is 0 Å². The van der Waals surface area contributed by atoms with Gasteiger partial charge in [-0.2, -0.15) is 11.8 Å². The Labute approximate surface area is 103 Å². The summed E-state index contributed by atoms with van der Waals surface area (Å²) in [5.41, 5.74) is 0. The Bertz CT molecular complexity index is 225. The number of hydrogen-bond donors (Lipinski definition) is 1. The number of rotatable bonds is 6. The number of esters is 1. The molecule has 0 unspecified atom stereocenters. The molecule has 0 spiro atoms. The van der Waals surface area contributed by atoms with Gasteiger partial charge in [0.1, 0.15) is 0 Å². The van der Waals surface area contributed by atoms with E-state index < -0.39 is 0 Å². The van der Waals surface area contributed by atoms with Crippen molar-refractivity contribution in [3.05, 3.63) is 0 Å². The van der Waals surface area contributed by atoms with Gasteiger partial charge in [-0.25, -0.2) is 0 Å². The Morgan fingerprint density at radius 3 is 2.56 bits per heavy atom. The van der Waals surface area contributed by atoms with E-state index in [2.05, 4.69) is 11.6 Å². The summed E-state index contributed by atoms with van der Waals surface area (Å²) in [4.78, 5) is 11.3. The second-order valence-electron chi connectivity index (χ2n) is 4.74. The molecule has 94 valence electrons. The van der Waals surface area contributed by atoms with Gasteiger partial charge < -0.3 is 10.1 Å². The minimum Gasteiger partial charge on any atom is -0.462 e. The van der Waals surface area contributed by atoms with E-state index in [-0.39, 0.29) is 12.1 Å². The van der Waals surface area contributed by atoms with E-state index in [1.165, 1.54) is 25.7 Å². The molecule has 1 rings (SSSR count). The predicted octanol–water partition coefficient (Wildman–Crippen LogP) is 2.20. The molecule has 0 bridgehead atoms. The standard InChI is InChI=1S/C12H23NO2S/c1-10(2)15-11(14)8-13-9-12(16-3)6-4-5-7-12/h10,13H,4-9H2,1-3H3. The first-order chi connectivity index (χ1) is 7.58. The minimum atomic E-state index is -0.149. The summed E-state index contributed by atoms with van der Waals surface area (Å²) in [5.74, 6) is -0.149. The van der Waals surface area contributed by atoms with Gasteiger partial charge in [0.05, 0.1) is 12.6 Å². The van der Waals surface area contributed by atoms with Gasteiger partial charge >= 0.3 is 5.97 Å². The third-order valence-electron chi connectivity index (χ3n) is 3.03. The number of nitrogens with one attached hydrogen (secondary N) is 1. The van der Waals surface area contributed by atoms with Gasteiger partial charge in [0.15, 0.2) is 0 Å². The third-order valence-corrected chi connectivity index (χ3v) is 4.45. The maximum Gasteiger partial charge on any atom is 0.320 e. The molecule has 1 fully saturated rings. The molecule has 0 aromatic heterocycles. The number of carbonyl (C=O) groups is 1. The Morgan fingerprint density at radius 1 is 1.44 bits per heavy atom. The predicted molar refractivity (Wildman–Crippen MR) is 68.8 cm³/mol. The lowest BCUT2D eigenvalue weighted by molar-refractivity contribution is -0.146. The first-order valence-electron chi connectivity index (χ1n) is 6.03. The number of carbonyl (C=O) groups excluding carboxylic acids is 1. The topological polar surface area (TPSA) is 38.3 Å². The third kappa shape index (κ3) is 4.34. The van der Waals surface area contributed by atoms with Gasteiger partial charge in [0.25, 0.3) is 0 Å². The lowest BCUT2D eigenvalue weighted by Gasteiger charge is -2.26. The summed E-state index contributed by atoms with van der Waals surface area (Å²) in [7, 11) is 0. The second-order valence-corrected chi connectivity index (χ2v) is 6.01. The zero-order valence-electron chi connectivity index (χ0n) is 10.5. The number of ether oxygens (including phenoxy) is 1. The Balaban J connectivity index is 2.21. The molecular formula is C12H23NO2S. The Kier molecular flexibility index (Phi) is 5.62. The highest BCUT2D eigenvalue weighted by Crippen LogP contribution is 2.39. The van der Waals surface area contributed by atoms with Crippen LogP contribution in [-0.2, 0) is 9.53 Å². The van der Waals surface area contributed by atoms with Crippen LogP contribution in [0.5, 0.6) is 0 Å². The van der Waals surface area contributed by atoms with E-state index in [1.54, 1.807) is 0 Å². The summed E-state index contributed by atoms with van der Waals surface area (Å²) in [6.07, 6.45) is 7.31. The molecule has 0 aromatic carbocycles. The molecule has 1 aliphatic rings. The highest BCUT2D eigenvalue weighted by atomic mass is 32.2. The summed E-state index contributed by atoms with van der Waals surface area (Å²) in [6, 6.07) is 0. The highest BCUT2D eigenvalue weighted by Gasteiger charge is 2.32. The van der Waals surface area contributed by atoms with Crippen molar-refractivity contribution in [1.29, 1.82) is 0 Å². The average molecular weight is 245 g/mol. The van der Waals surface area contributed by atoms with Gasteiger partial charge in [0, 0.05) is 11.3 Å². The molecule has 0 aliphatic heterocycles. The summed E-state index contributed by atoms with van der Waals surface area (Å²) in [6.45, 7) is 5.00. The highest BCUT2D eigenvalue weighted by molar-refractivity contribution is 8.00. The molecule has 16 heavy (non-hydrogen) atoms. The molecule has 1 saturated carbocycles. The lowest BCUT2D eigenvalue weighted by Crippen LogP contribution is -2.38. The minimum absolute atomic E-state index is 0.0182. The van der Waals surface area contributed by atoms with Crippen LogP contribution in [0.15, 0.2) is 0 Å². The molecule has 1 aliphatic carbocycles. The van der Waals surface area contributed by atoms with Crippen LogP contribution in [0.1, 0.15) is 39.5 Å². The van der Waals surface area contributed by atoms with Gasteiger partial charge in [0.2, 0.25) is 0 Å². The van der Waals surface area contributed by atoms with Crippen molar-refractivity contribution in [3.8, 4) is 0 Å². The van der Waals surface area contributed by atoms with Crippen molar-refractivity contribution in [2.24, 2.45) is 0 Å². The van der Waals surface area contributed by atoms with Gasteiger partial charge in [-0.3, -0.25) is 4.79 Å². The molecule has 0 aromatic rings. The van der Waals surface area contributed by atoms with E-state index in [0.717, 1.165) is 6.54 Å². The SMILES string of the molecule is CSC1(CNCC(=O)OC(C)C)CCCC1. The number of thioether (sulfide) groups is 1. The molecule has 0 heterocycles. The summed E-state index contributed by atoms with van der Waals surface area (Å²) >= 11 is 1.93. The second kappa shape index (κ2) is 6.50. The largest absolute Gasteiger partial charge is 0.462 e. The Morgan fingerprint density at radius 2 is 2.06 bits per heavy atom. The molecule has 0 radical (unpaired) electrons. The Hall–Kier alpha value is -0.220. The van der Waals surface area contributed by atoms with Crippen molar-refractivity contribution < 1.29 is 9.53 Å². The van der Waals surface area contributed by atoms with Gasteiger partial charge in [-0.1, -0.05) is 12.8 Å². The van der Waals surface area contributed by atoms with Crippen molar-refractivity contribution in [3.63, 3.8) is 0 Å². The van der Waals surface area contributed by atoms with E-state index >= 15 is 0 Å². The van der Waals surface area contributed by atoms with E-state index in [4.69, 9.17) is 4.74 Å². The fraction of sp³-hybridized carbons (Fsp3) is 0.917. The van der Waals surface area contributed by atoms with Crippen LogP contribution < -0.4 is 5.32 Å². The van der Waals surface area contributed by atoms with E-state index in [0.29, 0.717) is 11.3 Å². The molecule has 0 saturated heterocycles. The summed E-state index contributed by atoms with van der Waals surface area (Å²) in [5, 5.41) is 3.23. The first-order valence-corrected chi connectivity index (χ1v) is 7.26. The van der Waals surface area contributed by atoms with Crippen molar-refractivity contribution in [2.45, 2.75) is 50.4 Å². The first kappa shape index (κ1) is 13.8. The normalized spacial score (nSPS) is 19.0. The number of hydrogen-bond acceptors (Lipinski definition) is 4. The lowest BCUT2D eigenvalue weighted by atomic mass is 10.1. The van der Waals surface area contributed by atoms with Crippen LogP contribution in [0.4, 0.5) is 0 Å².